The van der Waals surface area contributed by atoms with Gasteiger partial charge in [0.25, 0.3) is 0 Å². The minimum atomic E-state index is -0.552. The van der Waals surface area contributed by atoms with Crippen molar-refractivity contribution in [1.29, 1.82) is 0 Å². The molecule has 0 unspecified atom stereocenters. The number of hydrogen-bond acceptors (Lipinski definition) is 8. The lowest BCUT2D eigenvalue weighted by atomic mass is 9.92. The van der Waals surface area contributed by atoms with Crippen molar-refractivity contribution in [3.05, 3.63) is 31.3 Å². The molecule has 31 heavy (non-hydrogen) atoms. The molecule has 0 aromatic rings. The van der Waals surface area contributed by atoms with Gasteiger partial charge in [0, 0.05) is 60.8 Å². The number of azide groups is 3. The topological polar surface area (TPSA) is 209 Å². The Balaban J connectivity index is 4.83. The second-order valence-corrected chi connectivity index (χ2v) is 6.78. The highest BCUT2D eigenvalue weighted by molar-refractivity contribution is 4.79. The standard InChI is InChI=1S/C17H34N10O4/c18-5-1-9-28-13-17(14-29-10-2-6-22-25-19,15-30-11-3-7-23-26-20)16-31-12-4-8-24-27-21/h1-16,18H2. The molecule has 0 aromatic carbocycles. The summed E-state index contributed by atoms with van der Waals surface area (Å²) in [5.41, 5.74) is 30.0. The predicted octanol–water partition coefficient (Wildman–Crippen LogP) is 3.49. The Morgan fingerprint density at radius 3 is 1.19 bits per heavy atom. The molecule has 176 valence electrons. The van der Waals surface area contributed by atoms with E-state index in [1.807, 2.05) is 0 Å². The highest BCUT2D eigenvalue weighted by atomic mass is 16.5. The van der Waals surface area contributed by atoms with E-state index < -0.39 is 5.41 Å². The molecule has 0 saturated carbocycles. The normalized spacial score (nSPS) is 12.3. The first-order valence-electron chi connectivity index (χ1n) is 10.3. The lowest BCUT2D eigenvalue weighted by Crippen LogP contribution is -2.42. The van der Waals surface area contributed by atoms with E-state index in [2.05, 4.69) is 30.1 Å². The van der Waals surface area contributed by atoms with Gasteiger partial charge in [-0.2, -0.15) is 0 Å². The summed E-state index contributed by atoms with van der Waals surface area (Å²) in [4.78, 5) is 8.16. The molecule has 2 N–H and O–H groups in total. The fourth-order valence-corrected chi connectivity index (χ4v) is 2.44. The molecule has 0 heterocycles. The molecule has 0 saturated heterocycles. The van der Waals surface area contributed by atoms with Crippen LogP contribution >= 0.6 is 0 Å². The van der Waals surface area contributed by atoms with Crippen LogP contribution in [0.15, 0.2) is 15.3 Å². The summed E-state index contributed by atoms with van der Waals surface area (Å²) in [7, 11) is 0. The van der Waals surface area contributed by atoms with E-state index in [0.29, 0.717) is 98.3 Å². The second-order valence-electron chi connectivity index (χ2n) is 6.78. The van der Waals surface area contributed by atoms with E-state index in [9.17, 15) is 0 Å². The first-order valence-corrected chi connectivity index (χ1v) is 10.3. The maximum absolute atomic E-state index is 8.35. The third-order valence-corrected chi connectivity index (χ3v) is 3.96. The van der Waals surface area contributed by atoms with Crippen molar-refractivity contribution >= 4 is 0 Å². The minimum Gasteiger partial charge on any atom is -0.381 e. The molecule has 14 heteroatoms. The Hall–Kier alpha value is -2.27. The molecule has 14 nitrogen and oxygen atoms in total. The number of nitrogens with zero attached hydrogens (tertiary/aromatic N) is 9. The van der Waals surface area contributed by atoms with Gasteiger partial charge in [-0.3, -0.25) is 0 Å². The van der Waals surface area contributed by atoms with Crippen LogP contribution in [0.3, 0.4) is 0 Å². The summed E-state index contributed by atoms with van der Waals surface area (Å²) in [6.45, 7) is 4.78. The SMILES string of the molecule is [N-]=[N+]=NCCCOCC(COCCCN)(COCCCN=[N+]=[N-])COCCCN=[N+]=[N-]. The van der Waals surface area contributed by atoms with Crippen LogP contribution < -0.4 is 5.73 Å². The molecule has 0 spiro atoms. The molecule has 0 bridgehead atoms. The summed E-state index contributed by atoms with van der Waals surface area (Å²) in [5.74, 6) is 0. The lowest BCUT2D eigenvalue weighted by molar-refractivity contribution is -0.107. The predicted molar refractivity (Wildman–Crippen MR) is 115 cm³/mol. The van der Waals surface area contributed by atoms with Crippen LogP contribution in [0.25, 0.3) is 31.3 Å². The third kappa shape index (κ3) is 18.2. The zero-order valence-electron chi connectivity index (χ0n) is 18.0. The maximum Gasteiger partial charge on any atom is 0.0637 e. The van der Waals surface area contributed by atoms with Crippen LogP contribution in [0.5, 0.6) is 0 Å². The van der Waals surface area contributed by atoms with Gasteiger partial charge in [0.1, 0.15) is 0 Å². The van der Waals surface area contributed by atoms with Gasteiger partial charge in [-0.1, -0.05) is 15.3 Å². The summed E-state index contributed by atoms with van der Waals surface area (Å²) >= 11 is 0. The minimum absolute atomic E-state index is 0.332. The van der Waals surface area contributed by atoms with Gasteiger partial charge in [-0.25, -0.2) is 0 Å². The van der Waals surface area contributed by atoms with Crippen molar-refractivity contribution in [2.24, 2.45) is 26.5 Å². The van der Waals surface area contributed by atoms with Gasteiger partial charge in [0.15, 0.2) is 0 Å². The van der Waals surface area contributed by atoms with Crippen LogP contribution in [-0.2, 0) is 18.9 Å². The molecule has 0 aliphatic heterocycles. The molecule has 0 rings (SSSR count). The maximum atomic E-state index is 8.35. The lowest BCUT2D eigenvalue weighted by Gasteiger charge is -2.33. The Morgan fingerprint density at radius 2 is 0.903 bits per heavy atom. The van der Waals surface area contributed by atoms with Crippen molar-refractivity contribution < 1.29 is 18.9 Å². The van der Waals surface area contributed by atoms with Gasteiger partial charge < -0.3 is 24.7 Å². The van der Waals surface area contributed by atoms with Gasteiger partial charge in [-0.05, 0) is 48.8 Å². The molecule has 0 amide bonds. The van der Waals surface area contributed by atoms with Crippen molar-refractivity contribution in [1.82, 2.24) is 0 Å². The van der Waals surface area contributed by atoms with E-state index in [-0.39, 0.29) is 0 Å². The van der Waals surface area contributed by atoms with Crippen LogP contribution in [-0.4, -0.2) is 79.0 Å². The molecule has 0 fully saturated rings. The molecule has 0 aliphatic carbocycles. The second kappa shape index (κ2) is 22.4. The number of ether oxygens (including phenoxy) is 4. The molecule has 0 atom stereocenters. The summed E-state index contributed by atoms with van der Waals surface area (Å²) in [5, 5.41) is 10.5. The fraction of sp³-hybridized carbons (Fsp3) is 1.00. The van der Waals surface area contributed by atoms with E-state index in [0.717, 1.165) is 6.42 Å². The molecule has 0 aliphatic rings. The number of nitrogens with two attached hydrogens (primary N) is 1. The van der Waals surface area contributed by atoms with Crippen LogP contribution in [0, 0.1) is 5.41 Å². The Labute approximate surface area is 182 Å². The quantitative estimate of drug-likeness (QED) is 0.109. The van der Waals surface area contributed by atoms with Gasteiger partial charge in [-0.15, -0.1) is 0 Å². The fourth-order valence-electron chi connectivity index (χ4n) is 2.44. The number of rotatable bonds is 23. The van der Waals surface area contributed by atoms with Crippen molar-refractivity contribution in [2.75, 3.05) is 79.0 Å². The third-order valence-electron chi connectivity index (χ3n) is 3.96. The summed E-state index contributed by atoms with van der Waals surface area (Å²) in [6, 6.07) is 0. The Bertz CT molecular complexity index is 506. The molecule has 0 radical (unpaired) electrons. The molecule has 0 aromatic heterocycles. The molecular weight excluding hydrogens is 408 g/mol. The van der Waals surface area contributed by atoms with E-state index in [1.165, 1.54) is 0 Å². The summed E-state index contributed by atoms with van der Waals surface area (Å²) < 4.78 is 23.2. The average Bonchev–Trinajstić information content (AvgIpc) is 2.78. The monoisotopic (exact) mass is 442 g/mol. The highest BCUT2D eigenvalue weighted by Crippen LogP contribution is 2.21. The van der Waals surface area contributed by atoms with Crippen LogP contribution in [0.1, 0.15) is 25.7 Å². The smallest absolute Gasteiger partial charge is 0.0637 e. The van der Waals surface area contributed by atoms with Crippen molar-refractivity contribution in [2.45, 2.75) is 25.7 Å². The largest absolute Gasteiger partial charge is 0.381 e. The van der Waals surface area contributed by atoms with Gasteiger partial charge in [0.2, 0.25) is 0 Å². The van der Waals surface area contributed by atoms with Crippen molar-refractivity contribution in [3.63, 3.8) is 0 Å². The first-order chi connectivity index (χ1) is 15.2. The number of hydrogen-bond donors (Lipinski definition) is 1. The molecular formula is C17H34N10O4. The first kappa shape index (κ1) is 28.7. The highest BCUT2D eigenvalue weighted by Gasteiger charge is 2.32. The van der Waals surface area contributed by atoms with E-state index in [4.69, 9.17) is 41.3 Å². The summed E-state index contributed by atoms with van der Waals surface area (Å²) in [6.07, 6.45) is 2.56. The van der Waals surface area contributed by atoms with Crippen molar-refractivity contribution in [3.8, 4) is 0 Å². The Kier molecular flexibility index (Phi) is 20.8. The van der Waals surface area contributed by atoms with Crippen LogP contribution in [0.4, 0.5) is 0 Å². The van der Waals surface area contributed by atoms with Gasteiger partial charge in [0.05, 0.1) is 31.8 Å². The Morgan fingerprint density at radius 1 is 0.581 bits per heavy atom. The average molecular weight is 443 g/mol. The van der Waals surface area contributed by atoms with Gasteiger partial charge >= 0.3 is 0 Å². The van der Waals surface area contributed by atoms with E-state index >= 15 is 0 Å². The van der Waals surface area contributed by atoms with E-state index in [1.54, 1.807) is 0 Å². The zero-order chi connectivity index (χ0) is 22.9. The zero-order valence-corrected chi connectivity index (χ0v) is 18.0. The van der Waals surface area contributed by atoms with Crippen LogP contribution in [0.2, 0.25) is 0 Å².